The van der Waals surface area contributed by atoms with Crippen molar-refractivity contribution in [2.45, 2.75) is 58.5 Å². The van der Waals surface area contributed by atoms with Crippen LogP contribution in [0.15, 0.2) is 5.10 Å². The van der Waals surface area contributed by atoms with Crippen LogP contribution in [0.1, 0.15) is 52.4 Å². The van der Waals surface area contributed by atoms with E-state index in [1.54, 1.807) is 6.92 Å². The number of ether oxygens (including phenoxy) is 2. The molecule has 1 fully saturated rings. The van der Waals surface area contributed by atoms with Crippen molar-refractivity contribution < 1.29 is 9.47 Å². The highest BCUT2D eigenvalue weighted by Gasteiger charge is 2.14. The van der Waals surface area contributed by atoms with E-state index in [1.165, 1.54) is 6.42 Å². The first-order valence-electron chi connectivity index (χ1n) is 7.28. The SMILES string of the molecule is CC/C(CCCCOCC1CCCO1)=N\NC(C)=N. The Morgan fingerprint density at radius 1 is 1.47 bits per heavy atom. The normalized spacial score (nSPS) is 19.7. The highest BCUT2D eigenvalue weighted by atomic mass is 16.5. The lowest BCUT2D eigenvalue weighted by Gasteiger charge is -2.10. The second-order valence-electron chi connectivity index (χ2n) is 4.94. The standard InChI is InChI=1S/C14H27N3O2/c1-3-13(17-16-12(2)15)7-4-5-9-18-11-14-8-6-10-19-14/h14H,3-11H2,1-2H3,(H2,15,16)/b17-13+. The van der Waals surface area contributed by atoms with Gasteiger partial charge in [-0.3, -0.25) is 10.8 Å². The Morgan fingerprint density at radius 2 is 2.32 bits per heavy atom. The number of hydrogen-bond donors (Lipinski definition) is 2. The summed E-state index contributed by atoms with van der Waals surface area (Å²) in [6.45, 7) is 6.21. The molecule has 0 spiro atoms. The molecule has 0 amide bonds. The van der Waals surface area contributed by atoms with Crippen LogP contribution in [0.4, 0.5) is 0 Å². The molecule has 1 aliphatic heterocycles. The lowest BCUT2D eigenvalue weighted by atomic mass is 10.1. The first-order valence-corrected chi connectivity index (χ1v) is 7.28. The van der Waals surface area contributed by atoms with Crippen LogP contribution in [0.2, 0.25) is 0 Å². The average molecular weight is 269 g/mol. The third-order valence-electron chi connectivity index (χ3n) is 3.12. The molecule has 1 aliphatic rings. The molecule has 1 saturated heterocycles. The van der Waals surface area contributed by atoms with E-state index in [0.717, 1.165) is 57.6 Å². The number of unbranched alkanes of at least 4 members (excludes halogenated alkanes) is 1. The van der Waals surface area contributed by atoms with Crippen molar-refractivity contribution in [3.05, 3.63) is 0 Å². The van der Waals surface area contributed by atoms with Crippen LogP contribution in [-0.2, 0) is 9.47 Å². The number of amidine groups is 1. The lowest BCUT2D eigenvalue weighted by molar-refractivity contribution is 0.0163. The number of rotatable bonds is 9. The average Bonchev–Trinajstić information content (AvgIpc) is 2.90. The maximum Gasteiger partial charge on any atom is 0.111 e. The summed E-state index contributed by atoms with van der Waals surface area (Å²) in [5.74, 6) is 0.380. The van der Waals surface area contributed by atoms with Gasteiger partial charge in [0.2, 0.25) is 0 Å². The molecular formula is C14H27N3O2. The molecule has 1 rings (SSSR count). The zero-order valence-electron chi connectivity index (χ0n) is 12.2. The summed E-state index contributed by atoms with van der Waals surface area (Å²) in [6.07, 6.45) is 6.67. The maximum absolute atomic E-state index is 7.26. The number of hydrogen-bond acceptors (Lipinski definition) is 4. The van der Waals surface area contributed by atoms with E-state index in [2.05, 4.69) is 17.5 Å². The number of nitrogens with zero attached hydrogens (tertiary/aromatic N) is 1. The van der Waals surface area contributed by atoms with Crippen LogP contribution >= 0.6 is 0 Å². The van der Waals surface area contributed by atoms with Crippen molar-refractivity contribution >= 4 is 11.5 Å². The Hall–Kier alpha value is -0.940. The molecule has 0 aromatic rings. The minimum absolute atomic E-state index is 0.326. The Kier molecular flexibility index (Phi) is 8.41. The van der Waals surface area contributed by atoms with Crippen molar-refractivity contribution in [3.8, 4) is 0 Å². The highest BCUT2D eigenvalue weighted by molar-refractivity contribution is 5.86. The summed E-state index contributed by atoms with van der Waals surface area (Å²) in [4.78, 5) is 0. The summed E-state index contributed by atoms with van der Waals surface area (Å²) in [6, 6.07) is 0. The lowest BCUT2D eigenvalue weighted by Crippen LogP contribution is -2.15. The summed E-state index contributed by atoms with van der Waals surface area (Å²) in [7, 11) is 0. The molecular weight excluding hydrogens is 242 g/mol. The molecule has 5 nitrogen and oxygen atoms in total. The van der Waals surface area contributed by atoms with Gasteiger partial charge in [0.05, 0.1) is 12.7 Å². The fourth-order valence-electron chi connectivity index (χ4n) is 2.00. The van der Waals surface area contributed by atoms with Crippen molar-refractivity contribution in [2.24, 2.45) is 5.10 Å². The minimum atomic E-state index is 0.326. The van der Waals surface area contributed by atoms with E-state index >= 15 is 0 Å². The van der Waals surface area contributed by atoms with E-state index < -0.39 is 0 Å². The molecule has 19 heavy (non-hydrogen) atoms. The fourth-order valence-corrected chi connectivity index (χ4v) is 2.00. The van der Waals surface area contributed by atoms with E-state index in [-0.39, 0.29) is 0 Å². The molecule has 110 valence electrons. The predicted molar refractivity (Wildman–Crippen MR) is 77.9 cm³/mol. The van der Waals surface area contributed by atoms with Gasteiger partial charge < -0.3 is 9.47 Å². The van der Waals surface area contributed by atoms with Crippen molar-refractivity contribution in [2.75, 3.05) is 19.8 Å². The minimum Gasteiger partial charge on any atom is -0.379 e. The van der Waals surface area contributed by atoms with Crippen LogP contribution < -0.4 is 5.43 Å². The van der Waals surface area contributed by atoms with Gasteiger partial charge in [0, 0.05) is 18.9 Å². The summed E-state index contributed by atoms with van der Waals surface area (Å²) >= 11 is 0. The summed E-state index contributed by atoms with van der Waals surface area (Å²) in [5, 5.41) is 11.5. The van der Waals surface area contributed by atoms with Crippen LogP contribution in [0.3, 0.4) is 0 Å². The van der Waals surface area contributed by atoms with E-state index in [9.17, 15) is 0 Å². The first-order chi connectivity index (χ1) is 9.22. The second-order valence-corrected chi connectivity index (χ2v) is 4.94. The molecule has 1 heterocycles. The van der Waals surface area contributed by atoms with Crippen LogP contribution in [0.5, 0.6) is 0 Å². The first kappa shape index (κ1) is 16.1. The molecule has 1 atom stereocenters. The molecule has 0 saturated carbocycles. The zero-order chi connectivity index (χ0) is 13.9. The third-order valence-corrected chi connectivity index (χ3v) is 3.12. The van der Waals surface area contributed by atoms with Gasteiger partial charge in [-0.2, -0.15) is 5.10 Å². The Bertz CT molecular complexity index is 286. The molecule has 5 heteroatoms. The van der Waals surface area contributed by atoms with Crippen LogP contribution in [0.25, 0.3) is 0 Å². The van der Waals surface area contributed by atoms with E-state index in [1.807, 2.05) is 0 Å². The molecule has 0 aromatic carbocycles. The van der Waals surface area contributed by atoms with E-state index in [0.29, 0.717) is 11.9 Å². The quantitative estimate of drug-likeness (QED) is 0.293. The maximum atomic E-state index is 7.26. The Balaban J connectivity index is 1.99. The summed E-state index contributed by atoms with van der Waals surface area (Å²) in [5.41, 5.74) is 3.83. The van der Waals surface area contributed by atoms with Crippen LogP contribution in [-0.4, -0.2) is 37.5 Å². The Morgan fingerprint density at radius 3 is 2.95 bits per heavy atom. The smallest absolute Gasteiger partial charge is 0.111 e. The molecule has 0 bridgehead atoms. The van der Waals surface area contributed by atoms with Gasteiger partial charge in [-0.25, -0.2) is 0 Å². The molecule has 2 N–H and O–H groups in total. The second kappa shape index (κ2) is 9.92. The topological polar surface area (TPSA) is 66.7 Å². The van der Waals surface area contributed by atoms with Gasteiger partial charge in [0.15, 0.2) is 0 Å². The zero-order valence-corrected chi connectivity index (χ0v) is 12.2. The van der Waals surface area contributed by atoms with Gasteiger partial charge in [-0.15, -0.1) is 0 Å². The predicted octanol–water partition coefficient (Wildman–Crippen LogP) is 2.71. The third kappa shape index (κ3) is 7.95. The molecule has 0 aliphatic carbocycles. The fraction of sp³-hybridized carbons (Fsp3) is 0.857. The van der Waals surface area contributed by atoms with Crippen molar-refractivity contribution in [1.82, 2.24) is 5.43 Å². The van der Waals surface area contributed by atoms with E-state index in [4.69, 9.17) is 14.9 Å². The van der Waals surface area contributed by atoms with Gasteiger partial charge in [-0.05, 0) is 45.4 Å². The van der Waals surface area contributed by atoms with Gasteiger partial charge in [0.25, 0.3) is 0 Å². The Labute approximate surface area is 116 Å². The molecule has 0 aromatic heterocycles. The largest absolute Gasteiger partial charge is 0.379 e. The van der Waals surface area contributed by atoms with Crippen LogP contribution in [0, 0.1) is 5.41 Å². The molecule has 0 radical (unpaired) electrons. The number of nitrogens with one attached hydrogen (secondary N) is 2. The number of hydrazone groups is 1. The monoisotopic (exact) mass is 269 g/mol. The van der Waals surface area contributed by atoms with Crippen molar-refractivity contribution in [3.63, 3.8) is 0 Å². The molecule has 1 unspecified atom stereocenters. The van der Waals surface area contributed by atoms with Crippen molar-refractivity contribution in [1.29, 1.82) is 5.41 Å². The van der Waals surface area contributed by atoms with Gasteiger partial charge in [0.1, 0.15) is 5.84 Å². The summed E-state index contributed by atoms with van der Waals surface area (Å²) < 4.78 is 11.1. The van der Waals surface area contributed by atoms with Gasteiger partial charge in [-0.1, -0.05) is 6.92 Å². The van der Waals surface area contributed by atoms with Gasteiger partial charge >= 0.3 is 0 Å². The highest BCUT2D eigenvalue weighted by Crippen LogP contribution is 2.12.